The molecule has 0 aliphatic heterocycles. The van der Waals surface area contributed by atoms with Gasteiger partial charge in [-0.05, 0) is 42.6 Å². The minimum Gasteiger partial charge on any atom is -0.353 e. The molecular formula is C23H27N3O3S. The van der Waals surface area contributed by atoms with E-state index in [1.54, 1.807) is 18.2 Å². The maximum atomic E-state index is 12.9. The van der Waals surface area contributed by atoms with Crippen molar-refractivity contribution < 1.29 is 13.2 Å². The molecule has 158 valence electrons. The van der Waals surface area contributed by atoms with E-state index in [1.807, 2.05) is 73.6 Å². The van der Waals surface area contributed by atoms with Crippen LogP contribution in [-0.2, 0) is 14.8 Å². The van der Waals surface area contributed by atoms with Crippen LogP contribution in [0.15, 0.2) is 77.7 Å². The summed E-state index contributed by atoms with van der Waals surface area (Å²) in [5.74, 6) is -0.343. The zero-order valence-electron chi connectivity index (χ0n) is 17.4. The standard InChI is InChI=1S/C23H27N3O3S/c1-25(2)22(19-10-5-4-6-11-19)16-24-23(27)17-26(3)30(28,29)21-14-13-18-9-7-8-12-20(18)15-21/h4-15,22H,16-17H2,1-3H3,(H,24,27)/t22-/m1/s1. The minimum absolute atomic E-state index is 0.00227. The van der Waals surface area contributed by atoms with Gasteiger partial charge in [-0.2, -0.15) is 4.31 Å². The Morgan fingerprint density at radius 1 is 0.900 bits per heavy atom. The quantitative estimate of drug-likeness (QED) is 0.603. The van der Waals surface area contributed by atoms with Crippen LogP contribution in [0, 0.1) is 0 Å². The first-order valence-corrected chi connectivity index (χ1v) is 11.2. The molecule has 1 amide bonds. The molecule has 0 unspecified atom stereocenters. The second-order valence-corrected chi connectivity index (χ2v) is 9.51. The first-order valence-electron chi connectivity index (χ1n) is 9.72. The third-order valence-electron chi connectivity index (χ3n) is 5.10. The maximum absolute atomic E-state index is 12.9. The lowest BCUT2D eigenvalue weighted by molar-refractivity contribution is -0.121. The fraction of sp³-hybridized carbons (Fsp3) is 0.261. The molecule has 0 radical (unpaired) electrons. The molecule has 1 atom stereocenters. The van der Waals surface area contributed by atoms with Gasteiger partial charge in [-0.1, -0.05) is 60.7 Å². The molecule has 1 N–H and O–H groups in total. The molecule has 0 aliphatic rings. The van der Waals surface area contributed by atoms with Crippen LogP contribution in [0.2, 0.25) is 0 Å². The average molecular weight is 426 g/mol. The summed E-state index contributed by atoms with van der Waals surface area (Å²) in [5.41, 5.74) is 1.08. The summed E-state index contributed by atoms with van der Waals surface area (Å²) in [6.45, 7) is 0.143. The number of carbonyl (C=O) groups excluding carboxylic acids is 1. The molecule has 0 aliphatic carbocycles. The number of likely N-dealkylation sites (N-methyl/N-ethyl adjacent to an activating group) is 2. The van der Waals surface area contributed by atoms with E-state index in [1.165, 1.54) is 7.05 Å². The monoisotopic (exact) mass is 425 g/mol. The molecule has 0 saturated carbocycles. The highest BCUT2D eigenvalue weighted by Crippen LogP contribution is 2.21. The molecular weight excluding hydrogens is 398 g/mol. The molecule has 7 heteroatoms. The van der Waals surface area contributed by atoms with Crippen molar-refractivity contribution in [1.82, 2.24) is 14.5 Å². The maximum Gasteiger partial charge on any atom is 0.243 e. The topological polar surface area (TPSA) is 69.7 Å². The lowest BCUT2D eigenvalue weighted by atomic mass is 10.1. The number of fused-ring (bicyclic) bond motifs is 1. The lowest BCUT2D eigenvalue weighted by Gasteiger charge is -2.25. The number of amides is 1. The third kappa shape index (κ3) is 5.05. The number of rotatable bonds is 8. The van der Waals surface area contributed by atoms with Gasteiger partial charge in [0.1, 0.15) is 0 Å². The number of hydrogen-bond acceptors (Lipinski definition) is 4. The molecule has 3 aromatic carbocycles. The van der Waals surface area contributed by atoms with Gasteiger partial charge in [0, 0.05) is 13.6 Å². The van der Waals surface area contributed by atoms with Gasteiger partial charge in [0.15, 0.2) is 0 Å². The van der Waals surface area contributed by atoms with Crippen molar-refractivity contribution in [2.45, 2.75) is 10.9 Å². The van der Waals surface area contributed by atoms with Gasteiger partial charge in [0.25, 0.3) is 0 Å². The molecule has 0 heterocycles. The summed E-state index contributed by atoms with van der Waals surface area (Å²) < 4.78 is 26.9. The van der Waals surface area contributed by atoms with Crippen molar-refractivity contribution in [1.29, 1.82) is 0 Å². The van der Waals surface area contributed by atoms with Crippen LogP contribution in [-0.4, -0.2) is 57.8 Å². The van der Waals surface area contributed by atoms with Crippen molar-refractivity contribution in [2.24, 2.45) is 0 Å². The number of nitrogens with one attached hydrogen (secondary N) is 1. The van der Waals surface area contributed by atoms with Gasteiger partial charge in [-0.15, -0.1) is 0 Å². The van der Waals surface area contributed by atoms with Gasteiger partial charge in [0.2, 0.25) is 15.9 Å². The minimum atomic E-state index is -3.77. The Morgan fingerprint density at radius 3 is 2.20 bits per heavy atom. The molecule has 0 saturated heterocycles. The Morgan fingerprint density at radius 2 is 1.53 bits per heavy atom. The zero-order valence-corrected chi connectivity index (χ0v) is 18.3. The highest BCUT2D eigenvalue weighted by Gasteiger charge is 2.24. The number of carbonyl (C=O) groups is 1. The molecule has 3 rings (SSSR count). The summed E-state index contributed by atoms with van der Waals surface area (Å²) >= 11 is 0. The molecule has 3 aromatic rings. The normalized spacial score (nSPS) is 13.0. The largest absolute Gasteiger partial charge is 0.353 e. The first kappa shape index (κ1) is 22.0. The summed E-state index contributed by atoms with van der Waals surface area (Å²) in [4.78, 5) is 14.7. The summed E-state index contributed by atoms with van der Waals surface area (Å²) in [6, 6.07) is 22.4. The SMILES string of the molecule is CN(C)[C@H](CNC(=O)CN(C)S(=O)(=O)c1ccc2ccccc2c1)c1ccccc1. The van der Waals surface area contributed by atoms with E-state index in [0.29, 0.717) is 6.54 Å². The molecule has 0 spiro atoms. The predicted molar refractivity (Wildman–Crippen MR) is 120 cm³/mol. The van der Waals surface area contributed by atoms with E-state index >= 15 is 0 Å². The molecule has 0 aromatic heterocycles. The van der Waals surface area contributed by atoms with Crippen LogP contribution < -0.4 is 5.32 Å². The van der Waals surface area contributed by atoms with Crippen LogP contribution in [0.3, 0.4) is 0 Å². The summed E-state index contributed by atoms with van der Waals surface area (Å²) in [5, 5.41) is 4.67. The number of nitrogens with zero attached hydrogens (tertiary/aromatic N) is 2. The first-order chi connectivity index (χ1) is 14.3. The highest BCUT2D eigenvalue weighted by atomic mass is 32.2. The van der Waals surface area contributed by atoms with E-state index in [2.05, 4.69) is 5.32 Å². The second kappa shape index (κ2) is 9.38. The van der Waals surface area contributed by atoms with Crippen molar-refractivity contribution in [2.75, 3.05) is 34.2 Å². The van der Waals surface area contributed by atoms with E-state index in [9.17, 15) is 13.2 Å². The Kier molecular flexibility index (Phi) is 6.87. The van der Waals surface area contributed by atoms with Gasteiger partial charge >= 0.3 is 0 Å². The number of sulfonamides is 1. The molecule has 0 bridgehead atoms. The van der Waals surface area contributed by atoms with Gasteiger partial charge in [-0.25, -0.2) is 8.42 Å². The third-order valence-corrected chi connectivity index (χ3v) is 6.90. The molecule has 0 fully saturated rings. The molecule has 6 nitrogen and oxygen atoms in total. The van der Waals surface area contributed by atoms with Crippen molar-refractivity contribution in [3.05, 3.63) is 78.4 Å². The Hall–Kier alpha value is -2.74. The summed E-state index contributed by atoms with van der Waals surface area (Å²) in [7, 11) is 1.54. The van der Waals surface area contributed by atoms with Crippen LogP contribution in [0.1, 0.15) is 11.6 Å². The predicted octanol–water partition coefficient (Wildman–Crippen LogP) is 2.88. The second-order valence-electron chi connectivity index (χ2n) is 7.46. The zero-order chi connectivity index (χ0) is 21.7. The van der Waals surface area contributed by atoms with Gasteiger partial charge in [0.05, 0.1) is 17.5 Å². The average Bonchev–Trinajstić information content (AvgIpc) is 2.74. The Bertz CT molecular complexity index is 1110. The van der Waals surface area contributed by atoms with Crippen molar-refractivity contribution in [3.8, 4) is 0 Å². The fourth-order valence-corrected chi connectivity index (χ4v) is 4.50. The lowest BCUT2D eigenvalue weighted by Crippen LogP contribution is -2.41. The van der Waals surface area contributed by atoms with Crippen LogP contribution >= 0.6 is 0 Å². The fourth-order valence-electron chi connectivity index (χ4n) is 3.34. The number of hydrogen-bond donors (Lipinski definition) is 1. The van der Waals surface area contributed by atoms with Gasteiger partial charge in [-0.3, -0.25) is 4.79 Å². The molecule has 30 heavy (non-hydrogen) atoms. The Balaban J connectivity index is 1.66. The van der Waals surface area contributed by atoms with Crippen LogP contribution in [0.25, 0.3) is 10.8 Å². The Labute approximate surface area is 178 Å². The smallest absolute Gasteiger partial charge is 0.243 e. The van der Waals surface area contributed by atoms with Gasteiger partial charge < -0.3 is 10.2 Å². The highest BCUT2D eigenvalue weighted by molar-refractivity contribution is 7.89. The van der Waals surface area contributed by atoms with E-state index in [0.717, 1.165) is 20.6 Å². The van der Waals surface area contributed by atoms with Crippen LogP contribution in [0.4, 0.5) is 0 Å². The summed E-state index contributed by atoms with van der Waals surface area (Å²) in [6.07, 6.45) is 0. The van der Waals surface area contributed by atoms with Crippen molar-refractivity contribution in [3.63, 3.8) is 0 Å². The van der Waals surface area contributed by atoms with E-state index in [-0.39, 0.29) is 23.4 Å². The van der Waals surface area contributed by atoms with E-state index in [4.69, 9.17) is 0 Å². The van der Waals surface area contributed by atoms with Crippen molar-refractivity contribution >= 4 is 26.7 Å². The van der Waals surface area contributed by atoms with Crippen LogP contribution in [0.5, 0.6) is 0 Å². The number of benzene rings is 3. The van der Waals surface area contributed by atoms with E-state index < -0.39 is 10.0 Å².